The number of hydrogen-bond donors (Lipinski definition) is 1. The molecule has 1 rings (SSSR count). The van der Waals surface area contributed by atoms with Gasteiger partial charge in [0.15, 0.2) is 0 Å². The van der Waals surface area contributed by atoms with E-state index >= 15 is 0 Å². The quantitative estimate of drug-likeness (QED) is 0.775. The summed E-state index contributed by atoms with van der Waals surface area (Å²) in [4.78, 5) is 14.0. The van der Waals surface area contributed by atoms with Crippen LogP contribution in [0.3, 0.4) is 0 Å². The van der Waals surface area contributed by atoms with E-state index in [0.717, 1.165) is 25.8 Å². The molecule has 0 aromatic heterocycles. The van der Waals surface area contributed by atoms with Crippen LogP contribution in [-0.4, -0.2) is 29.4 Å². The Kier molecular flexibility index (Phi) is 4.58. The van der Waals surface area contributed by atoms with Gasteiger partial charge in [-0.15, -0.1) is 0 Å². The van der Waals surface area contributed by atoms with Crippen molar-refractivity contribution < 1.29 is 4.79 Å². The Morgan fingerprint density at radius 1 is 1.47 bits per heavy atom. The first-order valence-electron chi connectivity index (χ1n) is 6.08. The molecular formula is C12H24N2O. The summed E-state index contributed by atoms with van der Waals surface area (Å²) >= 11 is 0. The molecule has 88 valence electrons. The van der Waals surface area contributed by atoms with Crippen molar-refractivity contribution >= 4 is 5.91 Å². The van der Waals surface area contributed by atoms with Crippen LogP contribution >= 0.6 is 0 Å². The molecule has 1 amide bonds. The van der Waals surface area contributed by atoms with Gasteiger partial charge in [-0.1, -0.05) is 13.8 Å². The van der Waals surface area contributed by atoms with Crippen LogP contribution in [0.2, 0.25) is 0 Å². The predicted molar refractivity (Wildman–Crippen MR) is 62.5 cm³/mol. The predicted octanol–water partition coefficient (Wildman–Crippen LogP) is 1.76. The Hall–Kier alpha value is -0.570. The highest BCUT2D eigenvalue weighted by Gasteiger charge is 2.27. The zero-order valence-electron chi connectivity index (χ0n) is 10.2. The lowest BCUT2D eigenvalue weighted by molar-refractivity contribution is -0.136. The van der Waals surface area contributed by atoms with Gasteiger partial charge < -0.3 is 10.6 Å². The summed E-state index contributed by atoms with van der Waals surface area (Å²) < 4.78 is 0. The number of amides is 1. The first kappa shape index (κ1) is 12.5. The summed E-state index contributed by atoms with van der Waals surface area (Å²) in [5.41, 5.74) is 5.92. The number of hydrogen-bond acceptors (Lipinski definition) is 2. The molecule has 3 nitrogen and oxygen atoms in total. The van der Waals surface area contributed by atoms with Gasteiger partial charge in [0.25, 0.3) is 0 Å². The standard InChI is InChI=1S/C12H24N2O/c1-9(2)8-11(13)12(15)14-7-5-4-6-10(14)3/h9-11H,4-8,13H2,1-3H3. The second-order valence-corrected chi connectivity index (χ2v) is 5.11. The molecule has 1 heterocycles. The third-order valence-electron chi connectivity index (χ3n) is 3.13. The smallest absolute Gasteiger partial charge is 0.239 e. The Morgan fingerprint density at radius 2 is 2.13 bits per heavy atom. The minimum atomic E-state index is -0.300. The first-order valence-corrected chi connectivity index (χ1v) is 6.08. The molecule has 3 heteroatoms. The van der Waals surface area contributed by atoms with Gasteiger partial charge in [-0.05, 0) is 38.5 Å². The zero-order valence-corrected chi connectivity index (χ0v) is 10.2. The highest BCUT2D eigenvalue weighted by Crippen LogP contribution is 2.18. The second kappa shape index (κ2) is 5.50. The van der Waals surface area contributed by atoms with E-state index in [-0.39, 0.29) is 11.9 Å². The maximum Gasteiger partial charge on any atom is 0.239 e. The average Bonchev–Trinajstić information content (AvgIpc) is 2.16. The van der Waals surface area contributed by atoms with E-state index in [1.165, 1.54) is 6.42 Å². The summed E-state index contributed by atoms with van der Waals surface area (Å²) in [7, 11) is 0. The topological polar surface area (TPSA) is 46.3 Å². The molecule has 1 aliphatic heterocycles. The summed E-state index contributed by atoms with van der Waals surface area (Å²) in [6.07, 6.45) is 4.29. The Bertz CT molecular complexity index is 216. The van der Waals surface area contributed by atoms with Crippen LogP contribution in [0.1, 0.15) is 46.5 Å². The van der Waals surface area contributed by atoms with Crippen molar-refractivity contribution in [3.8, 4) is 0 Å². The molecular weight excluding hydrogens is 188 g/mol. The lowest BCUT2D eigenvalue weighted by atomic mass is 9.99. The van der Waals surface area contributed by atoms with Gasteiger partial charge in [-0.25, -0.2) is 0 Å². The lowest BCUT2D eigenvalue weighted by Crippen LogP contribution is -2.50. The van der Waals surface area contributed by atoms with Gasteiger partial charge in [0, 0.05) is 12.6 Å². The van der Waals surface area contributed by atoms with Gasteiger partial charge >= 0.3 is 0 Å². The highest BCUT2D eigenvalue weighted by molar-refractivity contribution is 5.82. The molecule has 2 unspecified atom stereocenters. The largest absolute Gasteiger partial charge is 0.339 e. The van der Waals surface area contributed by atoms with Crippen molar-refractivity contribution in [3.63, 3.8) is 0 Å². The van der Waals surface area contributed by atoms with E-state index in [2.05, 4.69) is 20.8 Å². The number of carbonyl (C=O) groups excluding carboxylic acids is 1. The van der Waals surface area contributed by atoms with Crippen molar-refractivity contribution in [1.82, 2.24) is 4.90 Å². The van der Waals surface area contributed by atoms with E-state index < -0.39 is 0 Å². The number of piperidine rings is 1. The molecule has 2 atom stereocenters. The molecule has 0 spiro atoms. The monoisotopic (exact) mass is 212 g/mol. The third kappa shape index (κ3) is 3.49. The average molecular weight is 212 g/mol. The van der Waals surface area contributed by atoms with Gasteiger partial charge in [0.2, 0.25) is 5.91 Å². The summed E-state index contributed by atoms with van der Waals surface area (Å²) in [5, 5.41) is 0. The van der Waals surface area contributed by atoms with Gasteiger partial charge in [-0.2, -0.15) is 0 Å². The summed E-state index contributed by atoms with van der Waals surface area (Å²) in [5.74, 6) is 0.639. The van der Waals surface area contributed by atoms with Gasteiger partial charge in [-0.3, -0.25) is 4.79 Å². The summed E-state index contributed by atoms with van der Waals surface area (Å²) in [6.45, 7) is 7.23. The van der Waals surface area contributed by atoms with Crippen molar-refractivity contribution in [1.29, 1.82) is 0 Å². The molecule has 0 bridgehead atoms. The van der Waals surface area contributed by atoms with Crippen LogP contribution < -0.4 is 5.73 Å². The molecule has 2 N–H and O–H groups in total. The number of nitrogens with zero attached hydrogens (tertiary/aromatic N) is 1. The van der Waals surface area contributed by atoms with E-state index in [4.69, 9.17) is 5.73 Å². The fraction of sp³-hybridized carbons (Fsp3) is 0.917. The maximum absolute atomic E-state index is 12.0. The molecule has 1 saturated heterocycles. The van der Waals surface area contributed by atoms with Crippen LogP contribution in [0.25, 0.3) is 0 Å². The lowest BCUT2D eigenvalue weighted by Gasteiger charge is -2.35. The fourth-order valence-corrected chi connectivity index (χ4v) is 2.25. The van der Waals surface area contributed by atoms with Crippen molar-refractivity contribution in [3.05, 3.63) is 0 Å². The molecule has 1 aliphatic rings. The van der Waals surface area contributed by atoms with Gasteiger partial charge in [0.1, 0.15) is 0 Å². The molecule has 0 radical (unpaired) electrons. The Labute approximate surface area is 93.0 Å². The van der Waals surface area contributed by atoms with Crippen molar-refractivity contribution in [2.24, 2.45) is 11.7 Å². The molecule has 0 aromatic rings. The zero-order chi connectivity index (χ0) is 11.4. The number of rotatable bonds is 3. The molecule has 15 heavy (non-hydrogen) atoms. The van der Waals surface area contributed by atoms with Crippen LogP contribution in [-0.2, 0) is 4.79 Å². The second-order valence-electron chi connectivity index (χ2n) is 5.11. The number of likely N-dealkylation sites (tertiary alicyclic amines) is 1. The van der Waals surface area contributed by atoms with E-state index in [1.807, 2.05) is 4.90 Å². The Balaban J connectivity index is 2.50. The first-order chi connectivity index (χ1) is 7.02. The maximum atomic E-state index is 12.0. The van der Waals surface area contributed by atoms with E-state index in [0.29, 0.717) is 12.0 Å². The van der Waals surface area contributed by atoms with E-state index in [1.54, 1.807) is 0 Å². The Morgan fingerprint density at radius 3 is 2.67 bits per heavy atom. The molecule has 0 aliphatic carbocycles. The molecule has 1 fully saturated rings. The highest BCUT2D eigenvalue weighted by atomic mass is 16.2. The van der Waals surface area contributed by atoms with Crippen LogP contribution in [0.4, 0.5) is 0 Å². The number of carbonyl (C=O) groups is 1. The third-order valence-corrected chi connectivity index (χ3v) is 3.13. The van der Waals surface area contributed by atoms with Crippen LogP contribution in [0.5, 0.6) is 0 Å². The van der Waals surface area contributed by atoms with Crippen molar-refractivity contribution in [2.45, 2.75) is 58.5 Å². The minimum Gasteiger partial charge on any atom is -0.339 e. The van der Waals surface area contributed by atoms with Crippen molar-refractivity contribution in [2.75, 3.05) is 6.54 Å². The van der Waals surface area contributed by atoms with Gasteiger partial charge in [0.05, 0.1) is 6.04 Å². The normalized spacial score (nSPS) is 24.3. The molecule has 0 saturated carbocycles. The van der Waals surface area contributed by atoms with E-state index in [9.17, 15) is 4.79 Å². The number of nitrogens with two attached hydrogens (primary N) is 1. The minimum absolute atomic E-state index is 0.149. The summed E-state index contributed by atoms with van der Waals surface area (Å²) in [6, 6.07) is 0.0787. The van der Waals surface area contributed by atoms with Crippen LogP contribution in [0.15, 0.2) is 0 Å². The molecule has 0 aromatic carbocycles. The SMILES string of the molecule is CC(C)CC(N)C(=O)N1CCCCC1C. The fourth-order valence-electron chi connectivity index (χ4n) is 2.25. The van der Waals surface area contributed by atoms with Crippen LogP contribution in [0, 0.1) is 5.92 Å².